The molecule has 0 saturated carbocycles. The zero-order valence-corrected chi connectivity index (χ0v) is 9.92. The number of pyridine rings is 2. The first-order chi connectivity index (χ1) is 7.84. The van der Waals surface area contributed by atoms with Crippen LogP contribution in [0.2, 0.25) is 0 Å². The van der Waals surface area contributed by atoms with Gasteiger partial charge in [-0.3, -0.25) is 9.38 Å². The van der Waals surface area contributed by atoms with Crippen molar-refractivity contribution in [3.05, 3.63) is 53.7 Å². The largest absolute Gasteiger partial charge is 0.294 e. The molecule has 3 nitrogen and oxygen atoms in total. The van der Waals surface area contributed by atoms with Gasteiger partial charge in [-0.2, -0.15) is 0 Å². The molecule has 3 aromatic rings. The van der Waals surface area contributed by atoms with Gasteiger partial charge in [0.1, 0.15) is 10.3 Å². The summed E-state index contributed by atoms with van der Waals surface area (Å²) in [6.45, 7) is 0. The molecule has 0 radical (unpaired) electrons. The number of fused-ring (bicyclic) bond motifs is 1. The Hall–Kier alpha value is -1.68. The van der Waals surface area contributed by atoms with Gasteiger partial charge in [0.2, 0.25) is 0 Å². The van der Waals surface area contributed by atoms with Crippen LogP contribution in [-0.4, -0.2) is 14.4 Å². The summed E-state index contributed by atoms with van der Waals surface area (Å²) >= 11 is 3.46. The molecule has 0 aliphatic rings. The topological polar surface area (TPSA) is 30.2 Å². The Morgan fingerprint density at radius 3 is 2.81 bits per heavy atom. The molecule has 3 heterocycles. The maximum atomic E-state index is 4.25. The van der Waals surface area contributed by atoms with Gasteiger partial charge in [0.25, 0.3) is 0 Å². The van der Waals surface area contributed by atoms with E-state index in [1.165, 1.54) is 0 Å². The molecule has 3 rings (SSSR count). The molecule has 3 aromatic heterocycles. The van der Waals surface area contributed by atoms with Crippen LogP contribution in [0, 0.1) is 0 Å². The highest BCUT2D eigenvalue weighted by Gasteiger charge is 2.02. The van der Waals surface area contributed by atoms with Gasteiger partial charge in [-0.05, 0) is 34.1 Å². The van der Waals surface area contributed by atoms with Gasteiger partial charge < -0.3 is 0 Å². The fourth-order valence-corrected chi connectivity index (χ4v) is 2.04. The van der Waals surface area contributed by atoms with Crippen LogP contribution in [0.1, 0.15) is 0 Å². The smallest absolute Gasteiger partial charge is 0.137 e. The second kappa shape index (κ2) is 3.72. The van der Waals surface area contributed by atoms with Crippen LogP contribution in [0.5, 0.6) is 0 Å². The molecule has 0 N–H and O–H groups in total. The average Bonchev–Trinajstić information content (AvgIpc) is 2.72. The summed E-state index contributed by atoms with van der Waals surface area (Å²) in [5.41, 5.74) is 3.16. The van der Waals surface area contributed by atoms with Gasteiger partial charge in [0.05, 0.1) is 6.20 Å². The van der Waals surface area contributed by atoms with Crippen molar-refractivity contribution in [1.29, 1.82) is 0 Å². The first kappa shape index (κ1) is 9.54. The SMILES string of the molecule is Brc1cnc2ccc(-c3cccnc3)cn12. The first-order valence-electron chi connectivity index (χ1n) is 4.87. The maximum Gasteiger partial charge on any atom is 0.137 e. The number of nitrogens with zero attached hydrogens (tertiary/aromatic N) is 3. The third-order valence-corrected chi connectivity index (χ3v) is 3.04. The fraction of sp³-hybridized carbons (Fsp3) is 0. The molecule has 0 aromatic carbocycles. The van der Waals surface area contributed by atoms with E-state index in [9.17, 15) is 0 Å². The van der Waals surface area contributed by atoms with E-state index in [0.717, 1.165) is 21.4 Å². The number of hydrogen-bond donors (Lipinski definition) is 0. The van der Waals surface area contributed by atoms with Crippen LogP contribution < -0.4 is 0 Å². The molecule has 0 fully saturated rings. The lowest BCUT2D eigenvalue weighted by atomic mass is 10.1. The van der Waals surface area contributed by atoms with Gasteiger partial charge in [0, 0.05) is 29.7 Å². The summed E-state index contributed by atoms with van der Waals surface area (Å²) in [4.78, 5) is 8.37. The summed E-state index contributed by atoms with van der Waals surface area (Å²) in [7, 11) is 0. The predicted molar refractivity (Wildman–Crippen MR) is 66.1 cm³/mol. The predicted octanol–water partition coefficient (Wildman–Crippen LogP) is 3.16. The van der Waals surface area contributed by atoms with Crippen molar-refractivity contribution in [3.8, 4) is 11.1 Å². The summed E-state index contributed by atoms with van der Waals surface area (Å²) in [6.07, 6.45) is 7.47. The van der Waals surface area contributed by atoms with Crippen molar-refractivity contribution in [2.75, 3.05) is 0 Å². The molecular weight excluding hydrogens is 266 g/mol. The number of imidazole rings is 1. The lowest BCUT2D eigenvalue weighted by Crippen LogP contribution is -1.87. The van der Waals surface area contributed by atoms with Crippen molar-refractivity contribution in [2.24, 2.45) is 0 Å². The van der Waals surface area contributed by atoms with E-state index >= 15 is 0 Å². The quantitative estimate of drug-likeness (QED) is 0.682. The fourth-order valence-electron chi connectivity index (χ4n) is 1.66. The highest BCUT2D eigenvalue weighted by atomic mass is 79.9. The summed E-state index contributed by atoms with van der Waals surface area (Å²) in [5.74, 6) is 0. The average molecular weight is 274 g/mol. The summed E-state index contributed by atoms with van der Waals surface area (Å²) in [6, 6.07) is 8.01. The number of hydrogen-bond acceptors (Lipinski definition) is 2. The molecule has 0 saturated heterocycles. The van der Waals surface area contributed by atoms with E-state index in [1.54, 1.807) is 12.4 Å². The Morgan fingerprint density at radius 1 is 1.06 bits per heavy atom. The van der Waals surface area contributed by atoms with Gasteiger partial charge in [0.15, 0.2) is 0 Å². The number of halogens is 1. The Labute approximate surface area is 101 Å². The summed E-state index contributed by atoms with van der Waals surface area (Å²) in [5, 5.41) is 0. The maximum absolute atomic E-state index is 4.25. The van der Waals surface area contributed by atoms with Gasteiger partial charge in [-0.1, -0.05) is 6.07 Å². The monoisotopic (exact) mass is 273 g/mol. The Bertz CT molecular complexity index is 631. The Balaban J connectivity index is 2.22. The zero-order valence-electron chi connectivity index (χ0n) is 8.34. The van der Waals surface area contributed by atoms with Crippen molar-refractivity contribution >= 4 is 21.6 Å². The highest BCUT2D eigenvalue weighted by molar-refractivity contribution is 9.10. The van der Waals surface area contributed by atoms with Crippen molar-refractivity contribution in [1.82, 2.24) is 14.4 Å². The molecule has 0 aliphatic heterocycles. The van der Waals surface area contributed by atoms with Crippen LogP contribution >= 0.6 is 15.9 Å². The molecule has 4 heteroatoms. The van der Waals surface area contributed by atoms with Gasteiger partial charge in [-0.15, -0.1) is 0 Å². The molecule has 0 spiro atoms. The van der Waals surface area contributed by atoms with E-state index in [-0.39, 0.29) is 0 Å². The minimum atomic E-state index is 0.930. The van der Waals surface area contributed by atoms with Crippen LogP contribution in [0.3, 0.4) is 0 Å². The van der Waals surface area contributed by atoms with Crippen LogP contribution in [0.4, 0.5) is 0 Å². The lowest BCUT2D eigenvalue weighted by Gasteiger charge is -2.02. The molecule has 0 amide bonds. The second-order valence-electron chi connectivity index (χ2n) is 3.47. The molecular formula is C12H8BrN3. The lowest BCUT2D eigenvalue weighted by molar-refractivity contribution is 1.15. The first-order valence-corrected chi connectivity index (χ1v) is 5.67. The standard InChI is InChI=1S/C12H8BrN3/c13-11-7-15-12-4-3-10(8-16(11)12)9-2-1-5-14-6-9/h1-8H. The van der Waals surface area contributed by atoms with Crippen molar-refractivity contribution < 1.29 is 0 Å². The van der Waals surface area contributed by atoms with E-state index in [2.05, 4.69) is 25.9 Å². The molecule has 0 aliphatic carbocycles. The third kappa shape index (κ3) is 1.51. The molecule has 0 bridgehead atoms. The number of rotatable bonds is 1. The number of aromatic nitrogens is 3. The van der Waals surface area contributed by atoms with Crippen LogP contribution in [0.15, 0.2) is 53.7 Å². The molecule has 16 heavy (non-hydrogen) atoms. The zero-order chi connectivity index (χ0) is 11.0. The highest BCUT2D eigenvalue weighted by Crippen LogP contribution is 2.21. The molecule has 0 unspecified atom stereocenters. The van der Waals surface area contributed by atoms with Crippen molar-refractivity contribution in [2.45, 2.75) is 0 Å². The molecule has 0 atom stereocenters. The second-order valence-corrected chi connectivity index (χ2v) is 4.28. The normalized spacial score (nSPS) is 10.8. The van der Waals surface area contributed by atoms with E-state index in [0.29, 0.717) is 0 Å². The van der Waals surface area contributed by atoms with Gasteiger partial charge >= 0.3 is 0 Å². The Kier molecular flexibility index (Phi) is 2.22. The molecule has 78 valence electrons. The minimum absolute atomic E-state index is 0.930. The van der Waals surface area contributed by atoms with E-state index in [4.69, 9.17) is 0 Å². The third-order valence-electron chi connectivity index (χ3n) is 2.46. The Morgan fingerprint density at radius 2 is 2.00 bits per heavy atom. The van der Waals surface area contributed by atoms with E-state index < -0.39 is 0 Å². The van der Waals surface area contributed by atoms with Crippen molar-refractivity contribution in [3.63, 3.8) is 0 Å². The van der Waals surface area contributed by atoms with E-state index in [1.807, 2.05) is 41.1 Å². The summed E-state index contributed by atoms with van der Waals surface area (Å²) < 4.78 is 2.95. The van der Waals surface area contributed by atoms with Crippen LogP contribution in [-0.2, 0) is 0 Å². The van der Waals surface area contributed by atoms with Crippen LogP contribution in [0.25, 0.3) is 16.8 Å². The minimum Gasteiger partial charge on any atom is -0.294 e. The van der Waals surface area contributed by atoms with Gasteiger partial charge in [-0.25, -0.2) is 4.98 Å².